The van der Waals surface area contributed by atoms with E-state index in [1.165, 1.54) is 24.3 Å². The molecule has 0 radical (unpaired) electrons. The number of carboxylic acid groups (broad SMARTS) is 1. The summed E-state index contributed by atoms with van der Waals surface area (Å²) in [6, 6.07) is 9.54. The average Bonchev–Trinajstić information content (AvgIpc) is 3.11. The van der Waals surface area contributed by atoms with Crippen molar-refractivity contribution in [3.05, 3.63) is 99.3 Å². The van der Waals surface area contributed by atoms with Gasteiger partial charge in [0.1, 0.15) is 14.7 Å². The number of carbonyl (C=O) groups is 3. The first kappa shape index (κ1) is 42.9. The Labute approximate surface area is 332 Å². The number of carbonyl (C=O) groups excluding carboxylic acids is 2. The van der Waals surface area contributed by atoms with Crippen molar-refractivity contribution < 1.29 is 79.8 Å². The molecule has 1 aromatic heterocycles. The Bertz CT molecular complexity index is 3320. The van der Waals surface area contributed by atoms with E-state index in [1.54, 1.807) is 0 Å². The van der Waals surface area contributed by atoms with Crippen molar-refractivity contribution in [3.63, 3.8) is 0 Å². The number of pyridine rings is 1. The molecule has 59 heavy (non-hydrogen) atoms. The number of aliphatic carboxylic acids is 1. The van der Waals surface area contributed by atoms with Crippen molar-refractivity contribution >= 4 is 90.1 Å². The summed E-state index contributed by atoms with van der Waals surface area (Å²) in [6.07, 6.45) is -1.27. The van der Waals surface area contributed by atoms with Gasteiger partial charge in [-0.25, -0.2) is 8.42 Å². The lowest BCUT2D eigenvalue weighted by Gasteiger charge is -2.26. The fraction of sp³-hybridized carbons (Fsp3) is 0.0909. The molecule has 0 saturated heterocycles. The maximum Gasteiger partial charge on any atom is 0.303 e. The molecule has 21 nitrogen and oxygen atoms in total. The molecule has 0 unspecified atom stereocenters. The lowest BCUT2D eigenvalue weighted by molar-refractivity contribution is -0.137. The molecule has 310 valence electrons. The lowest BCUT2D eigenvalue weighted by atomic mass is 9.80. The van der Waals surface area contributed by atoms with Crippen molar-refractivity contribution in [2.45, 2.75) is 37.3 Å². The van der Waals surface area contributed by atoms with Crippen LogP contribution in [0.4, 0.5) is 11.4 Å². The molecular weight excluding hydrogens is 889 g/mol. The molecule has 5 aromatic rings. The second-order valence-electron chi connectivity index (χ2n) is 12.6. The molecule has 1 heterocycles. The molecule has 1 aliphatic rings. The van der Waals surface area contributed by atoms with E-state index in [1.807, 2.05) is 0 Å². The zero-order chi connectivity index (χ0) is 43.8. The summed E-state index contributed by atoms with van der Waals surface area (Å²) in [6.45, 7) is 0. The minimum absolute atomic E-state index is 0.218. The van der Waals surface area contributed by atoms with E-state index in [-0.39, 0.29) is 23.3 Å². The van der Waals surface area contributed by atoms with Gasteiger partial charge in [0.05, 0.1) is 43.6 Å². The van der Waals surface area contributed by atoms with Gasteiger partial charge in [-0.15, -0.1) is 0 Å². The van der Waals surface area contributed by atoms with Crippen LogP contribution in [0.25, 0.3) is 22.0 Å². The Morgan fingerprint density at radius 2 is 1.22 bits per heavy atom. The third-order valence-electron chi connectivity index (χ3n) is 8.84. The highest BCUT2D eigenvalue weighted by atomic mass is 32.2. The summed E-state index contributed by atoms with van der Waals surface area (Å²) < 4.78 is 168. The number of sulfone groups is 1. The first-order valence-electron chi connectivity index (χ1n) is 16.0. The number of H-pyrrole nitrogens is 1. The second-order valence-corrected chi connectivity index (χ2v) is 20.3. The highest BCUT2D eigenvalue weighted by Crippen LogP contribution is 2.47. The monoisotopic (exact) mass is 912 g/mol. The molecule has 0 atom stereocenters. The van der Waals surface area contributed by atoms with E-state index in [4.69, 9.17) is 5.11 Å². The number of nitrogens with one attached hydrogen (secondary N) is 2. The number of anilines is 2. The number of fused-ring (bicyclic) bond motifs is 2. The summed E-state index contributed by atoms with van der Waals surface area (Å²) in [5.74, 6) is -4.79. The van der Waals surface area contributed by atoms with Gasteiger partial charge in [0, 0.05) is 28.5 Å². The number of benzene rings is 4. The first-order chi connectivity index (χ1) is 27.1. The molecule has 0 spiro atoms. The van der Waals surface area contributed by atoms with Crippen LogP contribution in [0.1, 0.15) is 44.7 Å². The van der Waals surface area contributed by atoms with Gasteiger partial charge in [-0.1, -0.05) is 36.4 Å². The molecule has 0 amide bonds. The smallest absolute Gasteiger partial charge is 0.303 e. The summed E-state index contributed by atoms with van der Waals surface area (Å²) in [4.78, 5) is 49.0. The Morgan fingerprint density at radius 3 is 1.76 bits per heavy atom. The molecule has 0 aliphatic heterocycles. The van der Waals surface area contributed by atoms with E-state index in [0.29, 0.717) is 12.1 Å². The zero-order valence-electron chi connectivity index (χ0n) is 29.0. The van der Waals surface area contributed by atoms with Crippen molar-refractivity contribution in [2.75, 3.05) is 11.1 Å². The van der Waals surface area contributed by atoms with Crippen molar-refractivity contribution in [1.29, 1.82) is 0 Å². The highest BCUT2D eigenvalue weighted by Gasteiger charge is 2.37. The molecule has 1 aliphatic carbocycles. The van der Waals surface area contributed by atoms with Gasteiger partial charge in [-0.05, 0) is 42.3 Å². The van der Waals surface area contributed by atoms with Gasteiger partial charge in [0.2, 0.25) is 0 Å². The number of carboxylic acids is 1. The maximum absolute atomic E-state index is 14.4. The number of hydrogen-bond acceptors (Lipinski definition) is 15. The van der Waals surface area contributed by atoms with Crippen LogP contribution in [-0.2, 0) is 55.1 Å². The van der Waals surface area contributed by atoms with Gasteiger partial charge in [0.15, 0.2) is 21.4 Å². The maximum atomic E-state index is 14.4. The fourth-order valence-corrected chi connectivity index (χ4v) is 10.6. The molecule has 0 bridgehead atoms. The van der Waals surface area contributed by atoms with Gasteiger partial charge < -0.3 is 15.4 Å². The minimum Gasteiger partial charge on any atom is -0.481 e. The first-order valence-corrected chi connectivity index (χ1v) is 23.4. The fourth-order valence-electron chi connectivity index (χ4n) is 6.39. The molecule has 0 saturated carbocycles. The Morgan fingerprint density at radius 1 is 0.644 bits per heavy atom. The topological polar surface area (TPSA) is 368 Å². The van der Waals surface area contributed by atoms with E-state index in [0.717, 1.165) is 18.2 Å². The second kappa shape index (κ2) is 14.5. The van der Waals surface area contributed by atoms with Gasteiger partial charge in [0.25, 0.3) is 46.0 Å². The number of aromatic amines is 1. The summed E-state index contributed by atoms with van der Waals surface area (Å²) >= 11 is 0. The standard InChI is InChI=1S/C33H24N2O19S5/c36-24(37)9-4-10-55(41,42)17-12-21(57(46,47)48)29(22(13-17)58(49,50)51)34-20-14-23(59(52,53)54)30-27-25(18-7-1-2-8-19(18)32(39)26(20)27)28(33(40)35-30)31(38)15-5-3-6-16(11-15)56(43,44)45/h1-3,5-8,11-14,34H,4,9-10H2,(H,35,40)(H,36,37)(H,43,44,45)(H,46,47,48)(H,49,50,51)(H,52,53,54). The summed E-state index contributed by atoms with van der Waals surface area (Å²) in [5.41, 5.74) is -7.81. The minimum atomic E-state index is -5.78. The van der Waals surface area contributed by atoms with Crippen molar-refractivity contribution in [1.82, 2.24) is 4.98 Å². The van der Waals surface area contributed by atoms with Gasteiger partial charge in [-0.3, -0.25) is 37.4 Å². The molecule has 0 fully saturated rings. The van der Waals surface area contributed by atoms with Crippen LogP contribution in [-0.4, -0.2) is 93.7 Å². The van der Waals surface area contributed by atoms with Crippen LogP contribution < -0.4 is 10.9 Å². The number of rotatable bonds is 13. The Kier molecular flexibility index (Phi) is 10.6. The van der Waals surface area contributed by atoms with Crippen LogP contribution >= 0.6 is 0 Å². The predicted octanol–water partition coefficient (Wildman–Crippen LogP) is 2.34. The van der Waals surface area contributed by atoms with Crippen molar-refractivity contribution in [2.24, 2.45) is 0 Å². The number of hydrogen-bond donors (Lipinski definition) is 7. The molecule has 7 N–H and O–H groups in total. The summed E-state index contributed by atoms with van der Waals surface area (Å²) in [7, 11) is -26.8. The highest BCUT2D eigenvalue weighted by molar-refractivity contribution is 7.91. The molecule has 6 rings (SSSR count). The van der Waals surface area contributed by atoms with Crippen LogP contribution in [0, 0.1) is 0 Å². The van der Waals surface area contributed by atoms with Crippen LogP contribution in [0.2, 0.25) is 0 Å². The van der Waals surface area contributed by atoms with Crippen LogP contribution in [0.5, 0.6) is 0 Å². The largest absolute Gasteiger partial charge is 0.481 e. The van der Waals surface area contributed by atoms with E-state index in [2.05, 4.69) is 10.3 Å². The number of ketones is 2. The predicted molar refractivity (Wildman–Crippen MR) is 201 cm³/mol. The third-order valence-corrected chi connectivity index (χ3v) is 14.1. The summed E-state index contributed by atoms with van der Waals surface area (Å²) in [5, 5.41) is 10.4. The lowest BCUT2D eigenvalue weighted by Crippen LogP contribution is -2.25. The zero-order valence-corrected chi connectivity index (χ0v) is 33.0. The Balaban J connectivity index is 1.75. The van der Waals surface area contributed by atoms with Gasteiger partial charge >= 0.3 is 5.97 Å². The van der Waals surface area contributed by atoms with E-state index >= 15 is 0 Å². The van der Waals surface area contributed by atoms with E-state index in [9.17, 15) is 79.5 Å². The van der Waals surface area contributed by atoms with Crippen LogP contribution in [0.3, 0.4) is 0 Å². The van der Waals surface area contributed by atoms with Crippen molar-refractivity contribution in [3.8, 4) is 11.1 Å². The average molecular weight is 913 g/mol. The SMILES string of the molecule is O=C(O)CCCS(=O)(=O)c1cc(S(=O)(=O)O)c(Nc2cc(S(=O)(=O)O)c3[nH]c(=O)c(C(=O)c4cccc(S(=O)(=O)O)c4)c4c3c2C(=O)c2ccccc2-4)c(S(=O)(=O)O)c1. The molecule has 4 aromatic carbocycles. The quantitative estimate of drug-likeness (QED) is 0.0645. The van der Waals surface area contributed by atoms with E-state index < -0.39 is 161 Å². The molecular formula is C33H24N2O19S5. The third kappa shape index (κ3) is 8.04. The Hall–Kier alpha value is -5.71. The van der Waals surface area contributed by atoms with Crippen LogP contribution in [0.15, 0.2) is 96.0 Å². The molecule has 26 heteroatoms. The normalized spacial score (nSPS) is 13.3. The number of aromatic nitrogens is 1. The van der Waals surface area contributed by atoms with Gasteiger partial charge in [-0.2, -0.15) is 33.7 Å².